The van der Waals surface area contributed by atoms with Crippen molar-refractivity contribution in [1.29, 1.82) is 0 Å². The molecular weight excluding hydrogens is 354 g/mol. The van der Waals surface area contributed by atoms with Crippen molar-refractivity contribution in [1.82, 2.24) is 9.97 Å². The Morgan fingerprint density at radius 3 is 1.89 bits per heavy atom. The number of carbonyl (C=O) groups excluding carboxylic acids is 1. The van der Waals surface area contributed by atoms with Crippen molar-refractivity contribution >= 4 is 34.6 Å². The molecule has 1 amide bonds. The Morgan fingerprint density at radius 1 is 0.893 bits per heavy atom. The number of aryl methyl sites for hydroxylation is 1. The van der Waals surface area contributed by atoms with Crippen molar-refractivity contribution in [3.05, 3.63) is 60.4 Å². The number of carbonyl (C=O) groups is 1. The minimum atomic E-state index is -0.0999. The number of amides is 1. The summed E-state index contributed by atoms with van der Waals surface area (Å²) < 4.78 is 5.46. The van der Waals surface area contributed by atoms with E-state index in [2.05, 4.69) is 25.9 Å². The number of benzene rings is 2. The molecule has 144 valence electrons. The zero-order valence-electron chi connectivity index (χ0n) is 16.1. The topological polar surface area (TPSA) is 88.2 Å². The third-order valence-electron chi connectivity index (χ3n) is 3.75. The lowest BCUT2D eigenvalue weighted by atomic mass is 10.2. The number of aromatic nitrogens is 2. The number of anilines is 5. The molecule has 0 aliphatic carbocycles. The zero-order valence-corrected chi connectivity index (χ0v) is 16.1. The standard InChI is InChI=1S/C21H23N5O2/c1-4-28-19-11-9-18(10-12-19)26-21-13-20(22-14(2)23-21)25-17-7-5-16(6-8-17)24-15(3)27/h5-13H,4H2,1-3H3,(H,24,27)(H2,22,23,25,26). The first-order valence-corrected chi connectivity index (χ1v) is 9.02. The van der Waals surface area contributed by atoms with Crippen LogP contribution in [0.25, 0.3) is 0 Å². The second kappa shape index (κ2) is 8.85. The fraction of sp³-hybridized carbons (Fsp3) is 0.190. The van der Waals surface area contributed by atoms with E-state index in [1.165, 1.54) is 6.92 Å². The molecule has 3 rings (SSSR count). The fourth-order valence-electron chi connectivity index (χ4n) is 2.63. The third kappa shape index (κ3) is 5.44. The highest BCUT2D eigenvalue weighted by Crippen LogP contribution is 2.23. The van der Waals surface area contributed by atoms with E-state index in [1.807, 2.05) is 68.4 Å². The quantitative estimate of drug-likeness (QED) is 0.556. The summed E-state index contributed by atoms with van der Waals surface area (Å²) in [6, 6.07) is 17.0. The van der Waals surface area contributed by atoms with Crippen molar-refractivity contribution in [3.8, 4) is 5.75 Å². The molecule has 1 heterocycles. The molecule has 0 spiro atoms. The van der Waals surface area contributed by atoms with E-state index in [4.69, 9.17) is 4.74 Å². The molecule has 28 heavy (non-hydrogen) atoms. The Morgan fingerprint density at radius 2 is 1.39 bits per heavy atom. The lowest BCUT2D eigenvalue weighted by Crippen LogP contribution is -2.05. The van der Waals surface area contributed by atoms with E-state index < -0.39 is 0 Å². The molecule has 0 saturated heterocycles. The number of hydrogen-bond acceptors (Lipinski definition) is 6. The molecule has 0 aliphatic rings. The van der Waals surface area contributed by atoms with Crippen LogP contribution in [0.4, 0.5) is 28.7 Å². The summed E-state index contributed by atoms with van der Waals surface area (Å²) in [5.41, 5.74) is 2.51. The molecule has 3 N–H and O–H groups in total. The highest BCUT2D eigenvalue weighted by molar-refractivity contribution is 5.88. The van der Waals surface area contributed by atoms with Crippen LogP contribution in [0.3, 0.4) is 0 Å². The van der Waals surface area contributed by atoms with Gasteiger partial charge in [0.2, 0.25) is 5.91 Å². The van der Waals surface area contributed by atoms with E-state index in [1.54, 1.807) is 0 Å². The van der Waals surface area contributed by atoms with Gasteiger partial charge in [0, 0.05) is 30.1 Å². The number of nitrogens with one attached hydrogen (secondary N) is 3. The van der Waals surface area contributed by atoms with Gasteiger partial charge in [0.1, 0.15) is 23.2 Å². The Balaban J connectivity index is 1.71. The molecule has 7 heteroatoms. The fourth-order valence-corrected chi connectivity index (χ4v) is 2.63. The van der Waals surface area contributed by atoms with Gasteiger partial charge in [-0.15, -0.1) is 0 Å². The molecule has 0 unspecified atom stereocenters. The molecule has 0 saturated carbocycles. The summed E-state index contributed by atoms with van der Waals surface area (Å²) in [7, 11) is 0. The van der Waals surface area contributed by atoms with Crippen molar-refractivity contribution in [2.75, 3.05) is 22.6 Å². The van der Waals surface area contributed by atoms with Crippen LogP contribution in [0.2, 0.25) is 0 Å². The normalized spacial score (nSPS) is 10.2. The SMILES string of the molecule is CCOc1ccc(Nc2cc(Nc3ccc(NC(C)=O)cc3)nc(C)n2)cc1. The number of ether oxygens (including phenoxy) is 1. The Labute approximate surface area is 164 Å². The van der Waals surface area contributed by atoms with Gasteiger partial charge < -0.3 is 20.7 Å². The Hall–Kier alpha value is -3.61. The van der Waals surface area contributed by atoms with Crippen molar-refractivity contribution in [2.24, 2.45) is 0 Å². The van der Waals surface area contributed by atoms with Crippen LogP contribution in [-0.2, 0) is 4.79 Å². The molecule has 0 fully saturated rings. The van der Waals surface area contributed by atoms with Gasteiger partial charge in [-0.2, -0.15) is 0 Å². The molecule has 0 radical (unpaired) electrons. The summed E-state index contributed by atoms with van der Waals surface area (Å²) in [6.45, 7) is 5.92. The highest BCUT2D eigenvalue weighted by Gasteiger charge is 2.04. The van der Waals surface area contributed by atoms with E-state index >= 15 is 0 Å². The predicted molar refractivity (Wildman–Crippen MR) is 112 cm³/mol. The van der Waals surface area contributed by atoms with Crippen LogP contribution in [0.5, 0.6) is 5.75 Å². The molecule has 0 aliphatic heterocycles. The maximum atomic E-state index is 11.1. The van der Waals surface area contributed by atoms with Gasteiger partial charge in [0.05, 0.1) is 6.61 Å². The van der Waals surface area contributed by atoms with Crippen LogP contribution in [0.1, 0.15) is 19.7 Å². The van der Waals surface area contributed by atoms with Gasteiger partial charge in [-0.1, -0.05) is 0 Å². The smallest absolute Gasteiger partial charge is 0.221 e. The van der Waals surface area contributed by atoms with E-state index in [-0.39, 0.29) is 5.91 Å². The molecule has 7 nitrogen and oxygen atoms in total. The number of rotatable bonds is 7. The summed E-state index contributed by atoms with van der Waals surface area (Å²) in [5, 5.41) is 9.27. The van der Waals surface area contributed by atoms with Gasteiger partial charge in [-0.05, 0) is 62.4 Å². The Bertz CT molecular complexity index is 940. The first-order chi connectivity index (χ1) is 13.5. The lowest BCUT2D eigenvalue weighted by Gasteiger charge is -2.11. The molecule has 1 aromatic heterocycles. The van der Waals surface area contributed by atoms with E-state index in [0.717, 1.165) is 22.8 Å². The predicted octanol–water partition coefficient (Wildman–Crippen LogP) is 4.63. The van der Waals surface area contributed by atoms with E-state index in [0.29, 0.717) is 24.1 Å². The maximum Gasteiger partial charge on any atom is 0.221 e. The van der Waals surface area contributed by atoms with Crippen molar-refractivity contribution in [3.63, 3.8) is 0 Å². The third-order valence-corrected chi connectivity index (χ3v) is 3.75. The van der Waals surface area contributed by atoms with Crippen LogP contribution in [-0.4, -0.2) is 22.5 Å². The summed E-state index contributed by atoms with van der Waals surface area (Å²) in [4.78, 5) is 20.0. The average molecular weight is 377 g/mol. The van der Waals surface area contributed by atoms with Gasteiger partial charge >= 0.3 is 0 Å². The first-order valence-electron chi connectivity index (χ1n) is 9.02. The minimum absolute atomic E-state index is 0.0999. The van der Waals surface area contributed by atoms with Gasteiger partial charge in [0.25, 0.3) is 0 Å². The number of hydrogen-bond donors (Lipinski definition) is 3. The van der Waals surface area contributed by atoms with Crippen LogP contribution in [0.15, 0.2) is 54.6 Å². The largest absolute Gasteiger partial charge is 0.494 e. The summed E-state index contributed by atoms with van der Waals surface area (Å²) >= 11 is 0. The van der Waals surface area contributed by atoms with E-state index in [9.17, 15) is 4.79 Å². The molecule has 2 aromatic carbocycles. The van der Waals surface area contributed by atoms with Gasteiger partial charge in [0.15, 0.2) is 0 Å². The van der Waals surface area contributed by atoms with Gasteiger partial charge in [-0.25, -0.2) is 9.97 Å². The van der Waals surface area contributed by atoms with Gasteiger partial charge in [-0.3, -0.25) is 4.79 Å². The molecule has 3 aromatic rings. The highest BCUT2D eigenvalue weighted by atomic mass is 16.5. The maximum absolute atomic E-state index is 11.1. The zero-order chi connectivity index (χ0) is 19.9. The second-order valence-electron chi connectivity index (χ2n) is 6.15. The van der Waals surface area contributed by atoms with Crippen LogP contribution in [0, 0.1) is 6.92 Å². The molecule has 0 bridgehead atoms. The number of nitrogens with zero attached hydrogens (tertiary/aromatic N) is 2. The first kappa shape index (κ1) is 19.2. The lowest BCUT2D eigenvalue weighted by molar-refractivity contribution is -0.114. The summed E-state index contributed by atoms with van der Waals surface area (Å²) in [6.07, 6.45) is 0. The van der Waals surface area contributed by atoms with Crippen LogP contribution >= 0.6 is 0 Å². The monoisotopic (exact) mass is 377 g/mol. The molecular formula is C21H23N5O2. The Kier molecular flexibility index (Phi) is 6.06. The van der Waals surface area contributed by atoms with Crippen molar-refractivity contribution < 1.29 is 9.53 Å². The van der Waals surface area contributed by atoms with Crippen molar-refractivity contribution in [2.45, 2.75) is 20.8 Å². The minimum Gasteiger partial charge on any atom is -0.494 e. The molecule has 0 atom stereocenters. The average Bonchev–Trinajstić information content (AvgIpc) is 2.64. The van der Waals surface area contributed by atoms with Crippen LogP contribution < -0.4 is 20.7 Å². The second-order valence-corrected chi connectivity index (χ2v) is 6.15. The summed E-state index contributed by atoms with van der Waals surface area (Å²) in [5.74, 6) is 2.74.